The molecule has 2 atom stereocenters. The van der Waals surface area contributed by atoms with E-state index in [0.717, 1.165) is 6.92 Å². The number of carboxylic acids is 1. The number of carbonyl (C=O) groups is 1. The molecule has 0 aliphatic rings. The highest BCUT2D eigenvalue weighted by molar-refractivity contribution is 7.90. The highest BCUT2D eigenvalue weighted by Crippen LogP contribution is 2.17. The number of carboxylic acid groups (broad SMARTS) is 1. The minimum Gasteiger partial charge on any atom is -0.480 e. The molecule has 0 bridgehead atoms. The summed E-state index contributed by atoms with van der Waals surface area (Å²) in [5.41, 5.74) is 0.476. The number of hydrogen-bond acceptors (Lipinski definition) is 5. The molecule has 118 valence electrons. The molecule has 0 aliphatic heterocycles. The van der Waals surface area contributed by atoms with Gasteiger partial charge in [0.15, 0.2) is 5.25 Å². The van der Waals surface area contributed by atoms with Crippen molar-refractivity contribution in [1.29, 1.82) is 0 Å². The van der Waals surface area contributed by atoms with Gasteiger partial charge in [0.2, 0.25) is 20.0 Å². The van der Waals surface area contributed by atoms with E-state index in [1.165, 1.54) is 31.2 Å². The molecule has 0 heterocycles. The first-order valence-electron chi connectivity index (χ1n) is 5.82. The zero-order chi connectivity index (χ0) is 16.4. The van der Waals surface area contributed by atoms with Crippen molar-refractivity contribution in [1.82, 2.24) is 4.72 Å². The normalized spacial score (nSPS) is 15.4. The second kappa shape index (κ2) is 6.10. The molecular formula is C11H16N2O6S2. The largest absolute Gasteiger partial charge is 0.480 e. The molecule has 0 saturated heterocycles. The van der Waals surface area contributed by atoms with Crippen molar-refractivity contribution in [3.05, 3.63) is 29.8 Å². The van der Waals surface area contributed by atoms with Gasteiger partial charge in [-0.2, -0.15) is 0 Å². The molecule has 1 aromatic carbocycles. The molecule has 0 amide bonds. The maximum Gasteiger partial charge on any atom is 0.323 e. The van der Waals surface area contributed by atoms with E-state index in [2.05, 4.69) is 4.72 Å². The monoisotopic (exact) mass is 336 g/mol. The molecule has 2 unspecified atom stereocenters. The van der Waals surface area contributed by atoms with Crippen molar-refractivity contribution in [2.75, 3.05) is 0 Å². The summed E-state index contributed by atoms with van der Waals surface area (Å²) in [5.74, 6) is -1.46. The Morgan fingerprint density at radius 3 is 2.00 bits per heavy atom. The van der Waals surface area contributed by atoms with Gasteiger partial charge in [-0.3, -0.25) is 4.79 Å². The molecule has 0 aliphatic carbocycles. The summed E-state index contributed by atoms with van der Waals surface area (Å²) in [7, 11) is -7.86. The van der Waals surface area contributed by atoms with E-state index in [9.17, 15) is 21.6 Å². The molecule has 1 aromatic rings. The van der Waals surface area contributed by atoms with Crippen LogP contribution in [-0.2, 0) is 24.8 Å². The smallest absolute Gasteiger partial charge is 0.323 e. The van der Waals surface area contributed by atoms with E-state index >= 15 is 0 Å². The molecule has 1 rings (SSSR count). The van der Waals surface area contributed by atoms with Crippen LogP contribution in [0.4, 0.5) is 0 Å². The van der Waals surface area contributed by atoms with Crippen LogP contribution in [-0.4, -0.2) is 33.2 Å². The van der Waals surface area contributed by atoms with E-state index in [4.69, 9.17) is 10.2 Å². The predicted octanol–water partition coefficient (Wildman–Crippen LogP) is -0.212. The lowest BCUT2D eigenvalue weighted by molar-refractivity contribution is -0.136. The number of aliphatic carboxylic acids is 1. The summed E-state index contributed by atoms with van der Waals surface area (Å²) in [4.78, 5) is 10.6. The molecule has 0 radical (unpaired) electrons. The van der Waals surface area contributed by atoms with E-state index in [1.54, 1.807) is 0 Å². The van der Waals surface area contributed by atoms with Crippen molar-refractivity contribution >= 4 is 26.0 Å². The molecule has 0 spiro atoms. The fraction of sp³-hybridized carbons (Fsp3) is 0.364. The second-order valence-electron chi connectivity index (χ2n) is 4.48. The van der Waals surface area contributed by atoms with E-state index in [-0.39, 0.29) is 4.90 Å². The van der Waals surface area contributed by atoms with Crippen molar-refractivity contribution < 1.29 is 26.7 Å². The Bertz CT molecular complexity index is 724. The average Bonchev–Trinajstić information content (AvgIpc) is 2.36. The third-order valence-corrected chi connectivity index (χ3v) is 5.61. The zero-order valence-electron chi connectivity index (χ0n) is 11.3. The van der Waals surface area contributed by atoms with Gasteiger partial charge < -0.3 is 5.11 Å². The maximum atomic E-state index is 11.8. The second-order valence-corrected chi connectivity index (χ2v) is 8.07. The topological polar surface area (TPSA) is 144 Å². The lowest BCUT2D eigenvalue weighted by atomic mass is 10.1. The van der Waals surface area contributed by atoms with Crippen LogP contribution in [0.3, 0.4) is 0 Å². The van der Waals surface area contributed by atoms with Gasteiger partial charge in [0.25, 0.3) is 0 Å². The fourth-order valence-corrected chi connectivity index (χ4v) is 3.11. The Kier molecular flexibility index (Phi) is 5.10. The van der Waals surface area contributed by atoms with Gasteiger partial charge in [0, 0.05) is 6.04 Å². The van der Waals surface area contributed by atoms with E-state index in [0.29, 0.717) is 5.56 Å². The van der Waals surface area contributed by atoms with E-state index < -0.39 is 37.3 Å². The number of hydrogen-bond donors (Lipinski definition) is 3. The third-order valence-electron chi connectivity index (χ3n) is 2.86. The molecule has 0 fully saturated rings. The molecule has 0 aromatic heterocycles. The standard InChI is InChI=1S/C11H16N2O6S2/c1-7(13-21(18,19)8(2)11(14)15)9-3-5-10(6-4-9)20(12,16)17/h3-8,13H,1-2H3,(H,14,15)(H2,12,16,17). The molecule has 21 heavy (non-hydrogen) atoms. The number of nitrogens with two attached hydrogens (primary N) is 1. The van der Waals surface area contributed by atoms with Gasteiger partial charge in [-0.05, 0) is 31.5 Å². The van der Waals surface area contributed by atoms with Crippen LogP contribution in [0.2, 0.25) is 0 Å². The van der Waals surface area contributed by atoms with Crippen molar-refractivity contribution in [2.24, 2.45) is 5.14 Å². The molecule has 4 N–H and O–H groups in total. The van der Waals surface area contributed by atoms with Crippen LogP contribution >= 0.6 is 0 Å². The minimum atomic E-state index is -4.04. The predicted molar refractivity (Wildman–Crippen MR) is 75.4 cm³/mol. The quantitative estimate of drug-likeness (QED) is 0.655. The first-order chi connectivity index (χ1) is 9.45. The number of benzene rings is 1. The number of primary sulfonamides is 1. The van der Waals surface area contributed by atoms with Crippen molar-refractivity contribution in [2.45, 2.75) is 30.0 Å². The van der Waals surface area contributed by atoms with Gasteiger partial charge in [-0.1, -0.05) is 12.1 Å². The van der Waals surface area contributed by atoms with Crippen molar-refractivity contribution in [3.63, 3.8) is 0 Å². The Morgan fingerprint density at radius 1 is 1.14 bits per heavy atom. The maximum absolute atomic E-state index is 11.8. The lowest BCUT2D eigenvalue weighted by Crippen LogP contribution is -2.38. The molecular weight excluding hydrogens is 320 g/mol. The number of rotatable bonds is 6. The van der Waals surface area contributed by atoms with Crippen LogP contribution in [0, 0.1) is 0 Å². The minimum absolute atomic E-state index is 0.0970. The highest BCUT2D eigenvalue weighted by Gasteiger charge is 2.29. The summed E-state index contributed by atoms with van der Waals surface area (Å²) in [6.45, 7) is 2.57. The fourth-order valence-electron chi connectivity index (χ4n) is 1.50. The zero-order valence-corrected chi connectivity index (χ0v) is 13.0. The summed E-state index contributed by atoms with van der Waals surface area (Å²) in [5, 5.41) is 12.1. The van der Waals surface area contributed by atoms with Crippen LogP contribution < -0.4 is 9.86 Å². The van der Waals surface area contributed by atoms with Crippen LogP contribution in [0.25, 0.3) is 0 Å². The SMILES string of the molecule is CC(NS(=O)(=O)C(C)C(=O)O)c1ccc(S(N)(=O)=O)cc1. The Hall–Kier alpha value is -1.49. The van der Waals surface area contributed by atoms with Gasteiger partial charge in [-0.25, -0.2) is 26.7 Å². The van der Waals surface area contributed by atoms with Crippen LogP contribution in [0.5, 0.6) is 0 Å². The van der Waals surface area contributed by atoms with Gasteiger partial charge in [0.05, 0.1) is 4.90 Å². The molecule has 0 saturated carbocycles. The third kappa shape index (κ3) is 4.49. The lowest BCUT2D eigenvalue weighted by Gasteiger charge is -2.17. The Morgan fingerprint density at radius 2 is 1.62 bits per heavy atom. The summed E-state index contributed by atoms with van der Waals surface area (Å²) in [6.07, 6.45) is 0. The van der Waals surface area contributed by atoms with Crippen LogP contribution in [0.1, 0.15) is 25.5 Å². The summed E-state index contributed by atoms with van der Waals surface area (Å²) >= 11 is 0. The Labute approximate surface area is 123 Å². The number of sulfonamides is 2. The highest BCUT2D eigenvalue weighted by atomic mass is 32.2. The number of nitrogens with one attached hydrogen (secondary N) is 1. The first kappa shape index (κ1) is 17.6. The Balaban J connectivity index is 2.95. The van der Waals surface area contributed by atoms with Gasteiger partial charge >= 0.3 is 5.97 Å². The average molecular weight is 336 g/mol. The molecule has 8 nitrogen and oxygen atoms in total. The first-order valence-corrected chi connectivity index (χ1v) is 8.91. The van der Waals surface area contributed by atoms with Crippen LogP contribution in [0.15, 0.2) is 29.2 Å². The van der Waals surface area contributed by atoms with Gasteiger partial charge in [0.1, 0.15) is 0 Å². The summed E-state index contributed by atoms with van der Waals surface area (Å²) in [6, 6.07) is 4.58. The molecule has 10 heteroatoms. The van der Waals surface area contributed by atoms with Gasteiger partial charge in [-0.15, -0.1) is 0 Å². The summed E-state index contributed by atoms with van der Waals surface area (Å²) < 4.78 is 48.0. The van der Waals surface area contributed by atoms with Crippen molar-refractivity contribution in [3.8, 4) is 0 Å². The van der Waals surface area contributed by atoms with E-state index in [1.807, 2.05) is 0 Å².